The zero-order valence-corrected chi connectivity index (χ0v) is 18.5. The number of hydrogen-bond acceptors (Lipinski definition) is 4. The van der Waals surface area contributed by atoms with Crippen molar-refractivity contribution < 1.29 is 18.6 Å². The summed E-state index contributed by atoms with van der Waals surface area (Å²) in [5.41, 5.74) is 1.94. The van der Waals surface area contributed by atoms with Crippen LogP contribution >= 0.6 is 34.8 Å². The van der Waals surface area contributed by atoms with Gasteiger partial charge in [-0.1, -0.05) is 40.9 Å². The Kier molecular flexibility index (Phi) is 7.53. The Balaban J connectivity index is 1.74. The van der Waals surface area contributed by atoms with E-state index in [1.807, 2.05) is 6.07 Å². The lowest BCUT2D eigenvalue weighted by Gasteiger charge is -2.16. The molecule has 30 heavy (non-hydrogen) atoms. The van der Waals surface area contributed by atoms with Crippen molar-refractivity contribution >= 4 is 40.5 Å². The molecule has 0 fully saturated rings. The molecule has 3 aromatic rings. The molecule has 0 heterocycles. The molecular weight excluding hydrogens is 452 g/mol. The minimum atomic E-state index is -0.448. The van der Waals surface area contributed by atoms with Crippen LogP contribution < -0.4 is 19.5 Å². The first kappa shape index (κ1) is 22.3. The number of halogens is 4. The Morgan fingerprint density at radius 3 is 2.30 bits per heavy atom. The zero-order valence-electron chi connectivity index (χ0n) is 16.3. The van der Waals surface area contributed by atoms with Crippen LogP contribution in [0.3, 0.4) is 0 Å². The van der Waals surface area contributed by atoms with E-state index >= 15 is 0 Å². The molecule has 0 radical (unpaired) electrons. The van der Waals surface area contributed by atoms with E-state index in [4.69, 9.17) is 49.0 Å². The topological polar surface area (TPSA) is 39.7 Å². The molecule has 0 aliphatic heterocycles. The maximum absolute atomic E-state index is 14.0. The van der Waals surface area contributed by atoms with E-state index in [1.165, 1.54) is 19.2 Å². The Bertz CT molecular complexity index is 1030. The molecule has 8 heteroatoms. The number of methoxy groups -OCH3 is 2. The number of anilines is 1. The number of nitrogens with one attached hydrogen (secondary N) is 1. The lowest BCUT2D eigenvalue weighted by Crippen LogP contribution is -2.04. The molecule has 0 aliphatic carbocycles. The normalized spacial score (nSPS) is 10.6. The van der Waals surface area contributed by atoms with Crippen molar-refractivity contribution in [2.75, 3.05) is 19.5 Å². The highest BCUT2D eigenvalue weighted by Crippen LogP contribution is 2.38. The molecule has 3 aromatic carbocycles. The van der Waals surface area contributed by atoms with Gasteiger partial charge in [0.25, 0.3) is 0 Å². The molecule has 158 valence electrons. The summed E-state index contributed by atoms with van der Waals surface area (Å²) in [6, 6.07) is 13.4. The maximum Gasteiger partial charge on any atom is 0.180 e. The highest BCUT2D eigenvalue weighted by molar-refractivity contribution is 6.32. The van der Waals surface area contributed by atoms with E-state index in [9.17, 15) is 4.39 Å². The molecule has 4 nitrogen and oxygen atoms in total. The average molecular weight is 471 g/mol. The molecule has 0 aromatic heterocycles. The third-order valence-electron chi connectivity index (χ3n) is 4.36. The molecule has 0 amide bonds. The van der Waals surface area contributed by atoms with Gasteiger partial charge >= 0.3 is 0 Å². The van der Waals surface area contributed by atoms with Crippen LogP contribution in [0.1, 0.15) is 11.1 Å². The van der Waals surface area contributed by atoms with Crippen molar-refractivity contribution in [3.8, 4) is 17.2 Å². The minimum absolute atomic E-state index is 0.0798. The van der Waals surface area contributed by atoms with Crippen LogP contribution in [0.5, 0.6) is 17.2 Å². The Hall–Kier alpha value is -2.34. The third-order valence-corrected chi connectivity index (χ3v) is 5.29. The maximum atomic E-state index is 14.0. The summed E-state index contributed by atoms with van der Waals surface area (Å²) in [5.74, 6) is 0.897. The van der Waals surface area contributed by atoms with Gasteiger partial charge in [0.15, 0.2) is 11.5 Å². The van der Waals surface area contributed by atoms with Gasteiger partial charge in [0.05, 0.1) is 29.3 Å². The summed E-state index contributed by atoms with van der Waals surface area (Å²) in [4.78, 5) is 0. The Morgan fingerprint density at radius 1 is 0.867 bits per heavy atom. The van der Waals surface area contributed by atoms with Crippen LogP contribution in [0.4, 0.5) is 10.1 Å². The fourth-order valence-electron chi connectivity index (χ4n) is 2.81. The van der Waals surface area contributed by atoms with Gasteiger partial charge in [-0.15, -0.1) is 0 Å². The van der Waals surface area contributed by atoms with Crippen molar-refractivity contribution in [1.82, 2.24) is 0 Å². The number of hydrogen-bond donors (Lipinski definition) is 1. The second-order valence-corrected chi connectivity index (χ2v) is 7.52. The molecule has 0 spiro atoms. The van der Waals surface area contributed by atoms with Crippen LogP contribution in [0.25, 0.3) is 0 Å². The first-order chi connectivity index (χ1) is 14.4. The van der Waals surface area contributed by atoms with E-state index in [0.717, 1.165) is 11.3 Å². The van der Waals surface area contributed by atoms with E-state index in [2.05, 4.69) is 5.32 Å². The first-order valence-corrected chi connectivity index (χ1v) is 10.1. The van der Waals surface area contributed by atoms with Gasteiger partial charge in [0.1, 0.15) is 18.2 Å². The van der Waals surface area contributed by atoms with Gasteiger partial charge in [-0.3, -0.25) is 0 Å². The largest absolute Gasteiger partial charge is 0.495 e. The van der Waals surface area contributed by atoms with E-state index in [1.54, 1.807) is 37.4 Å². The predicted octanol–water partition coefficient (Wildman–Crippen LogP) is 6.99. The molecule has 3 rings (SSSR count). The lowest BCUT2D eigenvalue weighted by molar-refractivity contribution is 0.280. The van der Waals surface area contributed by atoms with E-state index < -0.39 is 5.82 Å². The summed E-state index contributed by atoms with van der Waals surface area (Å²) in [6.45, 7) is 0.391. The summed E-state index contributed by atoms with van der Waals surface area (Å²) < 4.78 is 30.3. The van der Waals surface area contributed by atoms with Gasteiger partial charge in [-0.05, 0) is 48.0 Å². The molecule has 1 N–H and O–H groups in total. The lowest BCUT2D eigenvalue weighted by atomic mass is 10.2. The predicted molar refractivity (Wildman–Crippen MR) is 119 cm³/mol. The smallest absolute Gasteiger partial charge is 0.180 e. The molecule has 0 unspecified atom stereocenters. The fourth-order valence-corrected chi connectivity index (χ4v) is 3.57. The molecular formula is C22H19Cl3FNO3. The second kappa shape index (κ2) is 10.1. The molecule has 0 saturated carbocycles. The molecule has 0 aliphatic rings. The fraction of sp³-hybridized carbons (Fsp3) is 0.182. The molecule has 0 bridgehead atoms. The highest BCUT2D eigenvalue weighted by Gasteiger charge is 2.15. The van der Waals surface area contributed by atoms with Crippen molar-refractivity contribution in [1.29, 1.82) is 0 Å². The van der Waals surface area contributed by atoms with Crippen LogP contribution in [0.2, 0.25) is 15.1 Å². The standard InChI is InChI=1S/C22H19Cl3FNO3/c1-28-20-7-6-14(10-17(20)24)27-11-13-8-18(25)22(21(9-13)29-2)30-12-15-16(23)4-3-5-19(15)26/h3-10,27H,11-12H2,1-2H3. The zero-order chi connectivity index (χ0) is 21.7. The third kappa shape index (κ3) is 5.22. The van der Waals surface area contributed by atoms with Crippen molar-refractivity contribution in [3.63, 3.8) is 0 Å². The number of benzene rings is 3. The summed E-state index contributed by atoms with van der Waals surface area (Å²) in [6.07, 6.45) is 0. The van der Waals surface area contributed by atoms with Gasteiger partial charge in [0, 0.05) is 17.8 Å². The van der Waals surface area contributed by atoms with Crippen LogP contribution in [-0.4, -0.2) is 14.2 Å². The number of ether oxygens (including phenoxy) is 3. The number of rotatable bonds is 8. The second-order valence-electron chi connectivity index (χ2n) is 6.30. The van der Waals surface area contributed by atoms with Gasteiger partial charge < -0.3 is 19.5 Å². The average Bonchev–Trinajstić information content (AvgIpc) is 2.72. The monoisotopic (exact) mass is 469 g/mol. The van der Waals surface area contributed by atoms with Crippen molar-refractivity contribution in [3.05, 3.63) is 80.5 Å². The minimum Gasteiger partial charge on any atom is -0.495 e. The van der Waals surface area contributed by atoms with Crippen LogP contribution in [-0.2, 0) is 13.2 Å². The summed E-state index contributed by atoms with van der Waals surface area (Å²) in [7, 11) is 3.07. The van der Waals surface area contributed by atoms with Gasteiger partial charge in [0.2, 0.25) is 0 Å². The molecule has 0 saturated heterocycles. The molecule has 0 atom stereocenters. The van der Waals surface area contributed by atoms with Crippen LogP contribution in [0, 0.1) is 5.82 Å². The van der Waals surface area contributed by atoms with Crippen molar-refractivity contribution in [2.24, 2.45) is 0 Å². The van der Waals surface area contributed by atoms with E-state index in [0.29, 0.717) is 33.8 Å². The van der Waals surface area contributed by atoms with Crippen LogP contribution in [0.15, 0.2) is 48.5 Å². The Morgan fingerprint density at radius 2 is 1.63 bits per heavy atom. The SMILES string of the molecule is COc1ccc(NCc2cc(Cl)c(OCc3c(F)cccc3Cl)c(OC)c2)cc1Cl. The van der Waals surface area contributed by atoms with Gasteiger partial charge in [-0.25, -0.2) is 4.39 Å². The summed E-state index contributed by atoms with van der Waals surface area (Å²) >= 11 is 18.6. The van der Waals surface area contributed by atoms with E-state index in [-0.39, 0.29) is 17.2 Å². The summed E-state index contributed by atoms with van der Waals surface area (Å²) in [5, 5.41) is 4.39. The van der Waals surface area contributed by atoms with Gasteiger partial charge in [-0.2, -0.15) is 0 Å². The Labute approximate surface area is 189 Å². The van der Waals surface area contributed by atoms with Crippen molar-refractivity contribution in [2.45, 2.75) is 13.2 Å². The first-order valence-electron chi connectivity index (χ1n) is 8.92. The quantitative estimate of drug-likeness (QED) is 0.385. The highest BCUT2D eigenvalue weighted by atomic mass is 35.5.